The fraction of sp³-hybridized carbons (Fsp3) is 0.250. The van der Waals surface area contributed by atoms with E-state index in [0.717, 1.165) is 22.3 Å². The van der Waals surface area contributed by atoms with Crippen molar-refractivity contribution in [3.63, 3.8) is 0 Å². The number of nitriles is 1. The number of nitrogens with one attached hydrogen (secondary N) is 1. The molecule has 0 bridgehead atoms. The maximum Gasteiger partial charge on any atom is 0.240 e. The third-order valence-electron chi connectivity index (χ3n) is 4.68. The molecular formula is C20H19N3O2. The van der Waals surface area contributed by atoms with Gasteiger partial charge >= 0.3 is 0 Å². The summed E-state index contributed by atoms with van der Waals surface area (Å²) >= 11 is 0. The Morgan fingerprint density at radius 2 is 1.64 bits per heavy atom. The molecule has 3 rings (SSSR count). The number of hydrogen-bond acceptors (Lipinski definition) is 3. The van der Waals surface area contributed by atoms with Crippen LogP contribution in [0, 0.1) is 17.2 Å². The number of carbonyl (C=O) groups excluding carboxylic acids is 2. The maximum absolute atomic E-state index is 13.0. The first-order valence-corrected chi connectivity index (χ1v) is 8.19. The summed E-state index contributed by atoms with van der Waals surface area (Å²) in [4.78, 5) is 24.7. The minimum Gasteiger partial charge on any atom is -0.368 e. The van der Waals surface area contributed by atoms with Gasteiger partial charge in [0.05, 0.1) is 12.0 Å². The molecule has 0 saturated carbocycles. The first kappa shape index (κ1) is 16.7. The van der Waals surface area contributed by atoms with Crippen molar-refractivity contribution >= 4 is 11.8 Å². The molecule has 0 radical (unpaired) electrons. The van der Waals surface area contributed by atoms with E-state index in [1.165, 1.54) is 0 Å². The fourth-order valence-electron chi connectivity index (χ4n) is 3.43. The van der Waals surface area contributed by atoms with Crippen LogP contribution in [0.2, 0.25) is 0 Å². The van der Waals surface area contributed by atoms with Gasteiger partial charge < -0.3 is 11.1 Å². The smallest absolute Gasteiger partial charge is 0.240 e. The number of hydrogen-bond donors (Lipinski definition) is 2. The largest absolute Gasteiger partial charge is 0.368 e. The summed E-state index contributed by atoms with van der Waals surface area (Å²) < 4.78 is 0. The molecule has 3 N–H and O–H groups in total. The van der Waals surface area contributed by atoms with E-state index in [9.17, 15) is 9.59 Å². The van der Waals surface area contributed by atoms with E-state index in [1.807, 2.05) is 54.6 Å². The molecule has 1 aliphatic carbocycles. The third-order valence-corrected chi connectivity index (χ3v) is 4.68. The van der Waals surface area contributed by atoms with Gasteiger partial charge in [-0.05, 0) is 28.2 Å². The predicted molar refractivity (Wildman–Crippen MR) is 94.2 cm³/mol. The third kappa shape index (κ3) is 2.99. The van der Waals surface area contributed by atoms with Gasteiger partial charge in [0, 0.05) is 6.42 Å². The summed E-state index contributed by atoms with van der Waals surface area (Å²) in [6, 6.07) is 16.7. The van der Waals surface area contributed by atoms with Crippen LogP contribution in [0.15, 0.2) is 48.5 Å². The molecular weight excluding hydrogens is 314 g/mol. The molecule has 0 fully saturated rings. The Morgan fingerprint density at radius 1 is 1.12 bits per heavy atom. The average molecular weight is 333 g/mol. The molecule has 0 aromatic heterocycles. The lowest BCUT2D eigenvalue weighted by molar-refractivity contribution is -0.128. The van der Waals surface area contributed by atoms with Gasteiger partial charge in [-0.3, -0.25) is 9.59 Å². The van der Waals surface area contributed by atoms with Crippen LogP contribution < -0.4 is 11.1 Å². The van der Waals surface area contributed by atoms with E-state index < -0.39 is 17.9 Å². The van der Waals surface area contributed by atoms with E-state index in [2.05, 4.69) is 5.32 Å². The summed E-state index contributed by atoms with van der Waals surface area (Å²) in [7, 11) is 0. The van der Waals surface area contributed by atoms with Crippen LogP contribution in [-0.2, 0) is 9.59 Å². The van der Waals surface area contributed by atoms with E-state index >= 15 is 0 Å². The van der Waals surface area contributed by atoms with Crippen LogP contribution in [0.5, 0.6) is 0 Å². The maximum atomic E-state index is 13.0. The quantitative estimate of drug-likeness (QED) is 0.879. The van der Waals surface area contributed by atoms with Crippen LogP contribution >= 0.6 is 0 Å². The molecule has 0 aliphatic heterocycles. The molecule has 5 heteroatoms. The van der Waals surface area contributed by atoms with Gasteiger partial charge in [-0.2, -0.15) is 5.26 Å². The first-order valence-electron chi connectivity index (χ1n) is 8.19. The predicted octanol–water partition coefficient (Wildman–Crippen LogP) is 2.32. The molecule has 0 spiro atoms. The minimum atomic E-state index is -0.868. The van der Waals surface area contributed by atoms with E-state index in [0.29, 0.717) is 0 Å². The Morgan fingerprint density at radius 3 is 2.12 bits per heavy atom. The van der Waals surface area contributed by atoms with Crippen LogP contribution in [-0.4, -0.2) is 17.9 Å². The topological polar surface area (TPSA) is 96.0 Å². The van der Waals surface area contributed by atoms with Crippen molar-refractivity contribution in [2.45, 2.75) is 25.3 Å². The lowest BCUT2D eigenvalue weighted by Crippen LogP contribution is -2.49. The second-order valence-corrected chi connectivity index (χ2v) is 6.34. The van der Waals surface area contributed by atoms with Crippen molar-refractivity contribution in [2.24, 2.45) is 11.7 Å². The number of fused-ring (bicyclic) bond motifs is 3. The number of rotatable bonds is 5. The van der Waals surface area contributed by atoms with Crippen LogP contribution in [0.25, 0.3) is 11.1 Å². The second-order valence-electron chi connectivity index (χ2n) is 6.34. The number of nitrogens with two attached hydrogens (primary N) is 1. The van der Waals surface area contributed by atoms with Crippen molar-refractivity contribution in [3.8, 4) is 17.2 Å². The van der Waals surface area contributed by atoms with Crippen molar-refractivity contribution in [1.82, 2.24) is 5.32 Å². The van der Waals surface area contributed by atoms with Crippen molar-refractivity contribution in [2.75, 3.05) is 0 Å². The fourth-order valence-corrected chi connectivity index (χ4v) is 3.43. The summed E-state index contributed by atoms with van der Waals surface area (Å²) in [6.07, 6.45) is 0.145. The van der Waals surface area contributed by atoms with Gasteiger partial charge in [0.2, 0.25) is 11.8 Å². The zero-order valence-corrected chi connectivity index (χ0v) is 13.9. The van der Waals surface area contributed by atoms with E-state index in [4.69, 9.17) is 11.0 Å². The summed E-state index contributed by atoms with van der Waals surface area (Å²) in [5, 5.41) is 11.6. The summed E-state index contributed by atoms with van der Waals surface area (Å²) in [5.74, 6) is -1.73. The highest BCUT2D eigenvalue weighted by atomic mass is 16.2. The van der Waals surface area contributed by atoms with Gasteiger partial charge in [-0.15, -0.1) is 0 Å². The molecule has 2 atom stereocenters. The highest BCUT2D eigenvalue weighted by Crippen LogP contribution is 2.44. The van der Waals surface area contributed by atoms with Gasteiger partial charge in [-0.1, -0.05) is 55.5 Å². The zero-order chi connectivity index (χ0) is 18.0. The van der Waals surface area contributed by atoms with E-state index in [-0.39, 0.29) is 18.2 Å². The van der Waals surface area contributed by atoms with Gasteiger partial charge in [0.1, 0.15) is 6.04 Å². The Balaban J connectivity index is 1.95. The zero-order valence-electron chi connectivity index (χ0n) is 13.9. The molecule has 126 valence electrons. The Labute approximate surface area is 146 Å². The molecule has 25 heavy (non-hydrogen) atoms. The average Bonchev–Trinajstić information content (AvgIpc) is 2.94. The van der Waals surface area contributed by atoms with Crippen LogP contribution in [0.3, 0.4) is 0 Å². The summed E-state index contributed by atoms with van der Waals surface area (Å²) in [6.45, 7) is 1.73. The Bertz CT molecular complexity index is 824. The number of amides is 2. The first-order chi connectivity index (χ1) is 12.0. The lowest BCUT2D eigenvalue weighted by atomic mass is 9.93. The highest BCUT2D eigenvalue weighted by Gasteiger charge is 2.35. The summed E-state index contributed by atoms with van der Waals surface area (Å²) in [5.41, 5.74) is 9.32. The Kier molecular flexibility index (Phi) is 4.53. The molecule has 2 aromatic carbocycles. The molecule has 5 nitrogen and oxygen atoms in total. The number of carbonyl (C=O) groups is 2. The number of nitrogens with zero attached hydrogens (tertiary/aromatic N) is 1. The van der Waals surface area contributed by atoms with Crippen molar-refractivity contribution in [1.29, 1.82) is 5.26 Å². The Hall–Kier alpha value is -3.13. The normalized spacial score (nSPS) is 14.7. The molecule has 0 saturated heterocycles. The van der Waals surface area contributed by atoms with Gasteiger partial charge in [-0.25, -0.2) is 0 Å². The molecule has 0 heterocycles. The molecule has 1 aliphatic rings. The number of primary amides is 1. The molecule has 2 aromatic rings. The lowest BCUT2D eigenvalue weighted by Gasteiger charge is -2.23. The second kappa shape index (κ2) is 6.78. The molecule has 0 unspecified atom stereocenters. The SMILES string of the molecule is C[C@@H](CC#N)[C@@H](NC(=O)C1c2ccccc2-c2ccccc21)C(N)=O. The van der Waals surface area contributed by atoms with Crippen LogP contribution in [0.4, 0.5) is 0 Å². The minimum absolute atomic E-state index is 0.145. The van der Waals surface area contributed by atoms with Crippen LogP contribution in [0.1, 0.15) is 30.4 Å². The van der Waals surface area contributed by atoms with Gasteiger partial charge in [0.15, 0.2) is 0 Å². The standard InChI is InChI=1S/C20H19N3O2/c1-12(10-11-21)18(19(22)24)23-20(25)17-15-8-4-2-6-13(15)14-7-3-5-9-16(14)17/h2-9,12,17-18H,10H2,1H3,(H2,22,24)(H,23,25)/t12-,18+/m0/s1. The molecule has 2 amide bonds. The van der Waals surface area contributed by atoms with E-state index in [1.54, 1.807) is 6.92 Å². The highest BCUT2D eigenvalue weighted by molar-refractivity contribution is 5.98. The monoisotopic (exact) mass is 333 g/mol. The van der Waals surface area contributed by atoms with Crippen molar-refractivity contribution in [3.05, 3.63) is 59.7 Å². The van der Waals surface area contributed by atoms with Crippen molar-refractivity contribution < 1.29 is 9.59 Å². The number of benzene rings is 2. The van der Waals surface area contributed by atoms with Gasteiger partial charge in [0.25, 0.3) is 0 Å².